The number of hydrogen-bond donors (Lipinski definition) is 0. The van der Waals surface area contributed by atoms with Gasteiger partial charge in [0.05, 0.1) is 0 Å². The zero-order valence-electron chi connectivity index (χ0n) is 21.1. The highest BCUT2D eigenvalue weighted by molar-refractivity contribution is 7.25. The van der Waals surface area contributed by atoms with Crippen LogP contribution < -0.4 is 0 Å². The molecule has 0 saturated carbocycles. The molecule has 0 N–H and O–H groups in total. The molecule has 0 fully saturated rings. The quantitative estimate of drug-likeness (QED) is 0.203. The summed E-state index contributed by atoms with van der Waals surface area (Å²) in [4.78, 5) is 0. The molecule has 0 amide bonds. The van der Waals surface area contributed by atoms with E-state index in [0.29, 0.717) is 0 Å². The minimum atomic E-state index is 1.28. The van der Waals surface area contributed by atoms with Crippen LogP contribution in [0.2, 0.25) is 0 Å². The van der Waals surface area contributed by atoms with Gasteiger partial charge in [0.2, 0.25) is 0 Å². The van der Waals surface area contributed by atoms with E-state index in [1.54, 1.807) is 0 Å². The molecular formula is C38H22S. The second-order valence-corrected chi connectivity index (χ2v) is 11.6. The minimum Gasteiger partial charge on any atom is -0.135 e. The fraction of sp³-hybridized carbons (Fsp3) is 0. The van der Waals surface area contributed by atoms with Crippen LogP contribution in [0.5, 0.6) is 0 Å². The van der Waals surface area contributed by atoms with Gasteiger partial charge in [0.25, 0.3) is 0 Å². The number of rotatable bonds is 2. The van der Waals surface area contributed by atoms with Gasteiger partial charge in [0.15, 0.2) is 0 Å². The van der Waals surface area contributed by atoms with E-state index in [1.165, 1.54) is 85.5 Å². The van der Waals surface area contributed by atoms with Gasteiger partial charge in [-0.05, 0) is 77.5 Å². The first-order valence-electron chi connectivity index (χ1n) is 13.4. The van der Waals surface area contributed by atoms with Crippen molar-refractivity contribution in [2.75, 3.05) is 0 Å². The lowest BCUT2D eigenvalue weighted by molar-refractivity contribution is 1.70. The van der Waals surface area contributed by atoms with Crippen molar-refractivity contribution >= 4 is 74.6 Å². The molecule has 0 aliphatic rings. The lowest BCUT2D eigenvalue weighted by Crippen LogP contribution is -1.87. The molecule has 0 radical (unpaired) electrons. The van der Waals surface area contributed by atoms with Crippen LogP contribution in [-0.2, 0) is 0 Å². The fourth-order valence-electron chi connectivity index (χ4n) is 6.58. The average Bonchev–Trinajstić information content (AvgIpc) is 3.36. The highest BCUT2D eigenvalue weighted by atomic mass is 32.1. The van der Waals surface area contributed by atoms with Crippen LogP contribution in [0.1, 0.15) is 0 Å². The minimum absolute atomic E-state index is 1.28. The van der Waals surface area contributed by atoms with E-state index >= 15 is 0 Å². The Morgan fingerprint density at radius 3 is 1.64 bits per heavy atom. The summed E-state index contributed by atoms with van der Waals surface area (Å²) in [5, 5.41) is 13.3. The zero-order valence-corrected chi connectivity index (χ0v) is 21.9. The molecule has 9 rings (SSSR count). The van der Waals surface area contributed by atoms with Crippen molar-refractivity contribution in [3.63, 3.8) is 0 Å². The second kappa shape index (κ2) is 7.89. The molecule has 0 unspecified atom stereocenters. The largest absolute Gasteiger partial charge is 0.135 e. The first-order chi connectivity index (χ1) is 19.3. The van der Waals surface area contributed by atoms with Gasteiger partial charge in [-0.3, -0.25) is 0 Å². The molecule has 0 aliphatic carbocycles. The number of fused-ring (bicyclic) bond motifs is 4. The fourth-order valence-corrected chi connectivity index (χ4v) is 7.76. The van der Waals surface area contributed by atoms with Crippen molar-refractivity contribution in [1.82, 2.24) is 0 Å². The van der Waals surface area contributed by atoms with E-state index in [9.17, 15) is 0 Å². The first kappa shape index (κ1) is 21.2. The smallest absolute Gasteiger partial charge is 0.0361 e. The van der Waals surface area contributed by atoms with Gasteiger partial charge in [-0.2, -0.15) is 0 Å². The summed E-state index contributed by atoms with van der Waals surface area (Å²) in [5.74, 6) is 0. The van der Waals surface area contributed by atoms with Crippen molar-refractivity contribution in [3.8, 4) is 22.3 Å². The maximum absolute atomic E-state index is 2.39. The van der Waals surface area contributed by atoms with E-state index < -0.39 is 0 Å². The Balaban J connectivity index is 1.23. The van der Waals surface area contributed by atoms with Gasteiger partial charge in [0.1, 0.15) is 0 Å². The third kappa shape index (κ3) is 3.05. The van der Waals surface area contributed by atoms with Crippen molar-refractivity contribution in [1.29, 1.82) is 0 Å². The molecule has 0 nitrogen and oxygen atoms in total. The van der Waals surface area contributed by atoms with Crippen molar-refractivity contribution in [2.45, 2.75) is 0 Å². The summed E-state index contributed by atoms with van der Waals surface area (Å²) in [6, 6.07) is 49.5. The Labute approximate surface area is 229 Å². The Hall–Kier alpha value is -4.72. The number of thiophene rings is 1. The maximum atomic E-state index is 2.39. The molecule has 0 spiro atoms. The van der Waals surface area contributed by atoms with Gasteiger partial charge in [-0.25, -0.2) is 0 Å². The summed E-state index contributed by atoms with van der Waals surface area (Å²) < 4.78 is 2.67. The monoisotopic (exact) mass is 510 g/mol. The van der Waals surface area contributed by atoms with Crippen molar-refractivity contribution < 1.29 is 0 Å². The Morgan fingerprint density at radius 1 is 0.333 bits per heavy atom. The van der Waals surface area contributed by atoms with E-state index in [1.807, 2.05) is 11.3 Å². The molecule has 39 heavy (non-hydrogen) atoms. The Kier molecular flexibility index (Phi) is 4.30. The summed E-state index contributed by atoms with van der Waals surface area (Å²) in [7, 11) is 0. The normalized spacial score (nSPS) is 12.1. The molecule has 8 aromatic carbocycles. The van der Waals surface area contributed by atoms with Crippen LogP contribution in [0.15, 0.2) is 133 Å². The van der Waals surface area contributed by atoms with Crippen LogP contribution in [0.3, 0.4) is 0 Å². The predicted octanol–water partition coefficient (Wildman–Crippen LogP) is 11.4. The molecule has 1 heteroatoms. The van der Waals surface area contributed by atoms with E-state index in [2.05, 4.69) is 133 Å². The highest BCUT2D eigenvalue weighted by Gasteiger charge is 2.14. The van der Waals surface area contributed by atoms with Crippen molar-refractivity contribution in [2.24, 2.45) is 0 Å². The summed E-state index contributed by atoms with van der Waals surface area (Å²) >= 11 is 1.90. The topological polar surface area (TPSA) is 0 Å². The van der Waals surface area contributed by atoms with Crippen LogP contribution in [0.4, 0.5) is 0 Å². The first-order valence-corrected chi connectivity index (χ1v) is 14.2. The van der Waals surface area contributed by atoms with Gasteiger partial charge < -0.3 is 0 Å². The second-order valence-electron chi connectivity index (χ2n) is 10.5. The lowest BCUT2D eigenvalue weighted by atomic mass is 9.90. The maximum Gasteiger partial charge on any atom is 0.0361 e. The summed E-state index contributed by atoms with van der Waals surface area (Å²) in [6.45, 7) is 0. The van der Waals surface area contributed by atoms with Crippen LogP contribution >= 0.6 is 11.3 Å². The molecule has 1 heterocycles. The SMILES string of the molecule is c1ccc2c(-c3ccc4c(c3)sc3cc(-c5ccc6ccc7cccc8ccc5c6c78)ccc34)cccc2c1. The van der Waals surface area contributed by atoms with Crippen LogP contribution in [0, 0.1) is 0 Å². The van der Waals surface area contributed by atoms with Gasteiger partial charge in [-0.15, -0.1) is 11.3 Å². The molecule has 0 atom stereocenters. The molecule has 1 aromatic heterocycles. The molecule has 0 bridgehead atoms. The average molecular weight is 511 g/mol. The standard InChI is InChI=1S/C38H22S/c1-2-9-29-23(5-1)6-4-10-30(29)27-15-18-32-33-19-16-28(22-36(33)39-35(32)21-27)31-17-13-26-12-11-24-7-3-8-25-14-20-34(31)38(26)37(24)25/h1-22H. The lowest BCUT2D eigenvalue weighted by Gasteiger charge is -2.14. The summed E-state index contributed by atoms with van der Waals surface area (Å²) in [5.41, 5.74) is 5.15. The van der Waals surface area contributed by atoms with Gasteiger partial charge in [-0.1, -0.05) is 121 Å². The van der Waals surface area contributed by atoms with E-state index in [-0.39, 0.29) is 0 Å². The van der Waals surface area contributed by atoms with Crippen LogP contribution in [-0.4, -0.2) is 0 Å². The third-order valence-corrected chi connectivity index (χ3v) is 9.53. The van der Waals surface area contributed by atoms with E-state index in [4.69, 9.17) is 0 Å². The predicted molar refractivity (Wildman–Crippen MR) is 171 cm³/mol. The number of hydrogen-bond acceptors (Lipinski definition) is 1. The van der Waals surface area contributed by atoms with E-state index in [0.717, 1.165) is 0 Å². The Bertz CT molecular complexity index is 2370. The van der Waals surface area contributed by atoms with Gasteiger partial charge in [0, 0.05) is 20.2 Å². The van der Waals surface area contributed by atoms with Gasteiger partial charge >= 0.3 is 0 Å². The summed E-state index contributed by atoms with van der Waals surface area (Å²) in [6.07, 6.45) is 0. The molecular weight excluding hydrogens is 488 g/mol. The molecule has 9 aromatic rings. The zero-order chi connectivity index (χ0) is 25.5. The number of benzene rings is 8. The Morgan fingerprint density at radius 2 is 0.872 bits per heavy atom. The van der Waals surface area contributed by atoms with Crippen LogP contribution in [0.25, 0.3) is 85.5 Å². The molecule has 0 saturated heterocycles. The van der Waals surface area contributed by atoms with Crippen molar-refractivity contribution in [3.05, 3.63) is 133 Å². The third-order valence-electron chi connectivity index (χ3n) is 8.41. The highest BCUT2D eigenvalue weighted by Crippen LogP contribution is 2.42. The molecule has 0 aliphatic heterocycles. The molecule has 180 valence electrons.